The van der Waals surface area contributed by atoms with Gasteiger partial charge in [0, 0.05) is 4.88 Å². The topological polar surface area (TPSA) is 46.2 Å². The van der Waals surface area contributed by atoms with Gasteiger partial charge in [0.05, 0.1) is 10.9 Å². The van der Waals surface area contributed by atoms with E-state index in [0.29, 0.717) is 10.8 Å². The van der Waals surface area contributed by atoms with Gasteiger partial charge >= 0.3 is 0 Å². The van der Waals surface area contributed by atoms with Crippen molar-refractivity contribution in [2.75, 3.05) is 0 Å². The van der Waals surface area contributed by atoms with Crippen LogP contribution in [0, 0.1) is 19.8 Å². The van der Waals surface area contributed by atoms with Crippen LogP contribution in [0.1, 0.15) is 34.9 Å². The highest BCUT2D eigenvalue weighted by Crippen LogP contribution is 2.43. The van der Waals surface area contributed by atoms with Gasteiger partial charge in [-0.3, -0.25) is 0 Å². The molecule has 0 radical (unpaired) electrons. The first kappa shape index (κ1) is 14.8. The summed E-state index contributed by atoms with van der Waals surface area (Å²) < 4.78 is 28.2. The molecule has 0 amide bonds. The Morgan fingerprint density at radius 2 is 1.95 bits per heavy atom. The average Bonchev–Trinajstić information content (AvgIpc) is 3.13. The summed E-state index contributed by atoms with van der Waals surface area (Å²) in [5, 5.41) is 2.00. The molecule has 1 aromatic heterocycles. The third-order valence-electron chi connectivity index (χ3n) is 4.01. The summed E-state index contributed by atoms with van der Waals surface area (Å²) in [7, 11) is -3.47. The van der Waals surface area contributed by atoms with Crippen LogP contribution in [0.15, 0.2) is 40.6 Å². The molecule has 21 heavy (non-hydrogen) atoms. The van der Waals surface area contributed by atoms with E-state index < -0.39 is 10.0 Å². The van der Waals surface area contributed by atoms with Gasteiger partial charge in [0.15, 0.2) is 0 Å². The molecular weight excluding hydrogens is 302 g/mol. The molecule has 1 saturated carbocycles. The minimum absolute atomic E-state index is 0.0865. The second-order valence-corrected chi connectivity index (χ2v) is 8.39. The molecule has 112 valence electrons. The van der Waals surface area contributed by atoms with E-state index in [1.165, 1.54) is 0 Å². The minimum Gasteiger partial charge on any atom is -0.207 e. The zero-order valence-corrected chi connectivity index (χ0v) is 13.8. The molecule has 1 aromatic carbocycles. The molecule has 1 aliphatic rings. The number of hydrogen-bond acceptors (Lipinski definition) is 3. The van der Waals surface area contributed by atoms with Crippen molar-refractivity contribution in [1.82, 2.24) is 4.72 Å². The summed E-state index contributed by atoms with van der Waals surface area (Å²) in [4.78, 5) is 1.46. The predicted molar refractivity (Wildman–Crippen MR) is 86.0 cm³/mol. The normalized spacial score (nSPS) is 16.9. The fraction of sp³-hybridized carbons (Fsp3) is 0.375. The fourth-order valence-electron chi connectivity index (χ4n) is 2.40. The summed E-state index contributed by atoms with van der Waals surface area (Å²) in [5.41, 5.74) is 2.10. The Balaban J connectivity index is 1.89. The van der Waals surface area contributed by atoms with Gasteiger partial charge in [0.2, 0.25) is 10.0 Å². The second kappa shape index (κ2) is 5.55. The summed E-state index contributed by atoms with van der Waals surface area (Å²) in [6.07, 6.45) is 2.19. The number of sulfonamides is 1. The molecule has 2 aromatic rings. The van der Waals surface area contributed by atoms with Crippen LogP contribution >= 0.6 is 11.3 Å². The largest absolute Gasteiger partial charge is 0.241 e. The van der Waals surface area contributed by atoms with Gasteiger partial charge in [0.1, 0.15) is 0 Å². The van der Waals surface area contributed by atoms with Gasteiger partial charge in [-0.15, -0.1) is 11.3 Å². The zero-order chi connectivity index (χ0) is 15.0. The van der Waals surface area contributed by atoms with Crippen molar-refractivity contribution >= 4 is 21.4 Å². The molecule has 1 N–H and O–H groups in total. The summed E-state index contributed by atoms with van der Waals surface area (Å²) >= 11 is 1.61. The highest BCUT2D eigenvalue weighted by molar-refractivity contribution is 7.89. The lowest BCUT2D eigenvalue weighted by Gasteiger charge is -2.17. The maximum atomic E-state index is 12.6. The number of hydrogen-bond donors (Lipinski definition) is 1. The third kappa shape index (κ3) is 3.20. The number of rotatable bonds is 5. The highest BCUT2D eigenvalue weighted by atomic mass is 32.2. The number of benzene rings is 1. The molecule has 1 heterocycles. The highest BCUT2D eigenvalue weighted by Gasteiger charge is 2.36. The van der Waals surface area contributed by atoms with E-state index in [4.69, 9.17) is 0 Å². The Hall–Kier alpha value is -1.17. The number of nitrogens with one attached hydrogen (secondary N) is 1. The Kier molecular flexibility index (Phi) is 3.90. The molecule has 3 nitrogen and oxygen atoms in total. The fourth-order valence-corrected chi connectivity index (χ4v) is 4.71. The summed E-state index contributed by atoms with van der Waals surface area (Å²) in [5.74, 6) is 0.435. The molecule has 0 aliphatic heterocycles. The molecule has 1 aliphatic carbocycles. The smallest absolute Gasteiger partial charge is 0.207 e. The standard InChI is InChI=1S/C16H19NO2S2/c1-11-5-8-14(10-12(11)2)21(18,19)17-16(13-6-7-13)15-4-3-9-20-15/h3-5,8-10,13,16-17H,6-7H2,1-2H3/t16-/m0/s1. The second-order valence-electron chi connectivity index (χ2n) is 5.70. The summed E-state index contributed by atoms with van der Waals surface area (Å²) in [6, 6.07) is 9.19. The Morgan fingerprint density at radius 1 is 1.19 bits per heavy atom. The van der Waals surface area contributed by atoms with E-state index in [-0.39, 0.29) is 6.04 Å². The van der Waals surface area contributed by atoms with E-state index in [1.807, 2.05) is 37.4 Å². The SMILES string of the molecule is Cc1ccc(S(=O)(=O)N[C@H](c2cccs2)C2CC2)cc1C. The first-order valence-electron chi connectivity index (χ1n) is 7.10. The molecule has 5 heteroatoms. The van der Waals surface area contributed by atoms with Crippen molar-refractivity contribution in [2.45, 2.75) is 37.6 Å². The van der Waals surface area contributed by atoms with E-state index in [9.17, 15) is 8.42 Å². The average molecular weight is 321 g/mol. The van der Waals surface area contributed by atoms with Crippen molar-refractivity contribution in [2.24, 2.45) is 5.92 Å². The van der Waals surface area contributed by atoms with Gasteiger partial charge in [-0.05, 0) is 67.3 Å². The van der Waals surface area contributed by atoms with Crippen LogP contribution in [0.3, 0.4) is 0 Å². The van der Waals surface area contributed by atoms with Crippen molar-refractivity contribution in [1.29, 1.82) is 0 Å². The maximum Gasteiger partial charge on any atom is 0.241 e. The monoisotopic (exact) mass is 321 g/mol. The quantitative estimate of drug-likeness (QED) is 0.910. The lowest BCUT2D eigenvalue weighted by molar-refractivity contribution is 0.533. The molecule has 0 spiro atoms. The number of thiophene rings is 1. The molecule has 0 unspecified atom stereocenters. The molecule has 1 atom stereocenters. The van der Waals surface area contributed by atoms with Gasteiger partial charge in [0.25, 0.3) is 0 Å². The molecule has 0 bridgehead atoms. The first-order valence-corrected chi connectivity index (χ1v) is 9.46. The van der Waals surface area contributed by atoms with Crippen LogP contribution < -0.4 is 4.72 Å². The van der Waals surface area contributed by atoms with Crippen LogP contribution in [0.4, 0.5) is 0 Å². The van der Waals surface area contributed by atoms with Crippen LogP contribution in [-0.2, 0) is 10.0 Å². The van der Waals surface area contributed by atoms with Crippen LogP contribution in [-0.4, -0.2) is 8.42 Å². The Bertz CT molecular complexity index is 732. The lowest BCUT2D eigenvalue weighted by atomic mass is 10.1. The first-order chi connectivity index (χ1) is 9.97. The Morgan fingerprint density at radius 3 is 2.52 bits per heavy atom. The Labute approximate surface area is 130 Å². The van der Waals surface area contributed by atoms with E-state index >= 15 is 0 Å². The van der Waals surface area contributed by atoms with Crippen LogP contribution in [0.25, 0.3) is 0 Å². The summed E-state index contributed by atoms with van der Waals surface area (Å²) in [6.45, 7) is 3.92. The van der Waals surface area contributed by atoms with Crippen molar-refractivity contribution < 1.29 is 8.42 Å². The molecule has 1 fully saturated rings. The van der Waals surface area contributed by atoms with Crippen molar-refractivity contribution in [3.63, 3.8) is 0 Å². The third-order valence-corrected chi connectivity index (χ3v) is 6.41. The number of aryl methyl sites for hydroxylation is 2. The van der Waals surface area contributed by atoms with E-state index in [0.717, 1.165) is 28.8 Å². The van der Waals surface area contributed by atoms with E-state index in [1.54, 1.807) is 23.5 Å². The lowest BCUT2D eigenvalue weighted by Crippen LogP contribution is -2.29. The van der Waals surface area contributed by atoms with Gasteiger partial charge in [-0.2, -0.15) is 0 Å². The molecular formula is C16H19NO2S2. The molecule has 3 rings (SSSR count). The predicted octanol–water partition coefficient (Wildman–Crippen LogP) is 3.79. The molecule has 0 saturated heterocycles. The van der Waals surface area contributed by atoms with E-state index in [2.05, 4.69) is 4.72 Å². The van der Waals surface area contributed by atoms with Gasteiger partial charge < -0.3 is 0 Å². The minimum atomic E-state index is -3.47. The van der Waals surface area contributed by atoms with Gasteiger partial charge in [-0.1, -0.05) is 12.1 Å². The van der Waals surface area contributed by atoms with Crippen molar-refractivity contribution in [3.05, 3.63) is 51.7 Å². The van der Waals surface area contributed by atoms with Crippen molar-refractivity contribution in [3.8, 4) is 0 Å². The maximum absolute atomic E-state index is 12.6. The zero-order valence-electron chi connectivity index (χ0n) is 12.2. The van der Waals surface area contributed by atoms with Crippen LogP contribution in [0.2, 0.25) is 0 Å². The van der Waals surface area contributed by atoms with Gasteiger partial charge in [-0.25, -0.2) is 13.1 Å². The van der Waals surface area contributed by atoms with Crippen LogP contribution in [0.5, 0.6) is 0 Å².